The van der Waals surface area contributed by atoms with Crippen LogP contribution in [0.3, 0.4) is 0 Å². The molecule has 0 aliphatic heterocycles. The lowest BCUT2D eigenvalue weighted by Gasteiger charge is -2.22. The minimum Gasteiger partial charge on any atom is -0.497 e. The average Bonchev–Trinajstić information content (AvgIpc) is 2.84. The number of hydrogen-bond acceptors (Lipinski definition) is 5. The monoisotopic (exact) mass is 458 g/mol. The molecule has 2 amide bonds. The molecular formula is C26H23FN4O3. The van der Waals surface area contributed by atoms with Crippen LogP contribution in [-0.4, -0.2) is 44.7 Å². The SMILES string of the molecule is C#Cc1ccc(NC(=O)c2cc(OC)ccc2N(C=O)c2ccc(C=NN(C)C)cc2F)cc1. The number of hydrazone groups is 1. The normalized spacial score (nSPS) is 10.4. The Hall–Kier alpha value is -4.64. The largest absolute Gasteiger partial charge is 0.497 e. The fraction of sp³-hybridized carbons (Fsp3) is 0.115. The minimum atomic E-state index is -0.651. The number of carbonyl (C=O) groups excluding carboxylic acids is 2. The summed E-state index contributed by atoms with van der Waals surface area (Å²) in [4.78, 5) is 26.3. The quantitative estimate of drug-likeness (QED) is 0.237. The summed E-state index contributed by atoms with van der Waals surface area (Å²) in [5.41, 5.74) is 1.97. The Morgan fingerprint density at radius 3 is 2.38 bits per heavy atom. The number of nitrogens with one attached hydrogen (secondary N) is 1. The van der Waals surface area contributed by atoms with Gasteiger partial charge < -0.3 is 15.1 Å². The second kappa shape index (κ2) is 10.8. The zero-order valence-corrected chi connectivity index (χ0v) is 18.9. The zero-order valence-electron chi connectivity index (χ0n) is 18.9. The Morgan fingerprint density at radius 2 is 1.79 bits per heavy atom. The van der Waals surface area contributed by atoms with E-state index in [9.17, 15) is 14.0 Å². The number of methoxy groups -OCH3 is 1. The Balaban J connectivity index is 1.99. The number of hydrogen-bond donors (Lipinski definition) is 1. The van der Waals surface area contributed by atoms with Crippen LogP contribution in [0.25, 0.3) is 0 Å². The van der Waals surface area contributed by atoms with E-state index in [4.69, 9.17) is 11.2 Å². The van der Waals surface area contributed by atoms with E-state index in [1.54, 1.807) is 55.5 Å². The molecule has 0 radical (unpaired) electrons. The van der Waals surface area contributed by atoms with Crippen molar-refractivity contribution in [2.24, 2.45) is 5.10 Å². The first-order valence-electron chi connectivity index (χ1n) is 10.2. The summed E-state index contributed by atoms with van der Waals surface area (Å²) < 4.78 is 20.2. The van der Waals surface area contributed by atoms with Crippen molar-refractivity contribution >= 4 is 35.6 Å². The van der Waals surface area contributed by atoms with Crippen LogP contribution >= 0.6 is 0 Å². The highest BCUT2D eigenvalue weighted by molar-refractivity contribution is 6.10. The molecule has 0 heterocycles. The fourth-order valence-electron chi connectivity index (χ4n) is 3.11. The van der Waals surface area contributed by atoms with Crippen molar-refractivity contribution in [1.29, 1.82) is 0 Å². The van der Waals surface area contributed by atoms with Crippen LogP contribution in [0.5, 0.6) is 5.75 Å². The number of carbonyl (C=O) groups is 2. The van der Waals surface area contributed by atoms with Gasteiger partial charge in [-0.3, -0.25) is 14.5 Å². The van der Waals surface area contributed by atoms with Gasteiger partial charge >= 0.3 is 0 Å². The number of rotatable bonds is 8. The molecule has 0 fully saturated rings. The number of ether oxygens (including phenoxy) is 1. The molecule has 3 aromatic carbocycles. The molecule has 7 nitrogen and oxygen atoms in total. The number of nitrogens with zero attached hydrogens (tertiary/aromatic N) is 3. The fourth-order valence-corrected chi connectivity index (χ4v) is 3.11. The van der Waals surface area contributed by atoms with Gasteiger partial charge in [0.2, 0.25) is 6.41 Å². The maximum Gasteiger partial charge on any atom is 0.257 e. The third kappa shape index (κ3) is 5.58. The topological polar surface area (TPSA) is 74.2 Å². The summed E-state index contributed by atoms with van der Waals surface area (Å²) in [7, 11) is 4.95. The summed E-state index contributed by atoms with van der Waals surface area (Å²) >= 11 is 0. The van der Waals surface area contributed by atoms with E-state index in [2.05, 4.69) is 16.3 Å². The summed E-state index contributed by atoms with van der Waals surface area (Å²) in [5, 5.41) is 8.41. The number of halogens is 1. The lowest BCUT2D eigenvalue weighted by atomic mass is 10.1. The Kier molecular flexibility index (Phi) is 7.62. The number of terminal acetylenes is 1. The number of amides is 2. The van der Waals surface area contributed by atoms with Gasteiger partial charge in [0, 0.05) is 25.3 Å². The third-order valence-electron chi connectivity index (χ3n) is 4.79. The molecule has 0 aromatic heterocycles. The molecule has 0 saturated carbocycles. The maximum absolute atomic E-state index is 15.0. The predicted molar refractivity (Wildman–Crippen MR) is 131 cm³/mol. The standard InChI is InChI=1S/C26H23FN4O3/c1-5-18-6-9-20(10-7-18)29-26(33)22-15-21(34-4)11-13-24(22)31(17-32)25-12-8-19(14-23(25)27)16-28-30(2)3/h1,6-17H,2-4H3,(H,29,33). The van der Waals surface area contributed by atoms with Gasteiger partial charge in [0.25, 0.3) is 5.91 Å². The summed E-state index contributed by atoms with van der Waals surface area (Å²) in [6.07, 6.45) is 7.32. The molecule has 3 rings (SSSR count). The number of anilines is 3. The highest BCUT2D eigenvalue weighted by Gasteiger charge is 2.21. The molecule has 3 aromatic rings. The van der Waals surface area contributed by atoms with E-state index >= 15 is 0 Å². The van der Waals surface area contributed by atoms with Gasteiger partial charge in [-0.05, 0) is 60.2 Å². The average molecular weight is 458 g/mol. The maximum atomic E-state index is 15.0. The lowest BCUT2D eigenvalue weighted by molar-refractivity contribution is -0.106. The minimum absolute atomic E-state index is 0.0189. The molecule has 1 N–H and O–H groups in total. The van der Waals surface area contributed by atoms with Crippen LogP contribution in [0.4, 0.5) is 21.5 Å². The zero-order chi connectivity index (χ0) is 24.7. The van der Waals surface area contributed by atoms with Crippen molar-refractivity contribution in [3.05, 3.63) is 83.2 Å². The van der Waals surface area contributed by atoms with Gasteiger partial charge in [0.05, 0.1) is 30.3 Å². The van der Waals surface area contributed by atoms with Crippen molar-refractivity contribution in [2.75, 3.05) is 31.4 Å². The highest BCUT2D eigenvalue weighted by atomic mass is 19.1. The molecule has 0 aliphatic carbocycles. The van der Waals surface area contributed by atoms with E-state index in [1.807, 2.05) is 0 Å². The van der Waals surface area contributed by atoms with Gasteiger partial charge in [0.1, 0.15) is 11.6 Å². The molecule has 8 heteroatoms. The Labute approximate surface area is 197 Å². The van der Waals surface area contributed by atoms with Crippen LogP contribution in [0.2, 0.25) is 0 Å². The van der Waals surface area contributed by atoms with Crippen molar-refractivity contribution in [1.82, 2.24) is 5.01 Å². The Bertz CT molecular complexity index is 1260. The van der Waals surface area contributed by atoms with E-state index in [-0.39, 0.29) is 16.9 Å². The van der Waals surface area contributed by atoms with Crippen LogP contribution < -0.4 is 15.0 Å². The molecule has 34 heavy (non-hydrogen) atoms. The van der Waals surface area contributed by atoms with Crippen LogP contribution in [-0.2, 0) is 4.79 Å². The van der Waals surface area contributed by atoms with Gasteiger partial charge in [-0.2, -0.15) is 5.10 Å². The molecular weight excluding hydrogens is 435 g/mol. The molecule has 0 bridgehead atoms. The molecule has 172 valence electrons. The second-order valence-corrected chi connectivity index (χ2v) is 7.34. The molecule has 0 aliphatic rings. The third-order valence-corrected chi connectivity index (χ3v) is 4.79. The molecule has 0 unspecified atom stereocenters. The lowest BCUT2D eigenvalue weighted by Crippen LogP contribution is -2.21. The van der Waals surface area contributed by atoms with Gasteiger partial charge in [-0.15, -0.1) is 6.42 Å². The highest BCUT2D eigenvalue weighted by Crippen LogP contribution is 2.32. The van der Waals surface area contributed by atoms with Gasteiger partial charge in [0.15, 0.2) is 0 Å². The van der Waals surface area contributed by atoms with Gasteiger partial charge in [-0.25, -0.2) is 4.39 Å². The Morgan fingerprint density at radius 1 is 1.09 bits per heavy atom. The molecule has 0 spiro atoms. The van der Waals surface area contributed by atoms with E-state index in [0.717, 1.165) is 4.90 Å². The smallest absolute Gasteiger partial charge is 0.257 e. The van der Waals surface area contributed by atoms with E-state index < -0.39 is 11.7 Å². The van der Waals surface area contributed by atoms with Gasteiger partial charge in [-0.1, -0.05) is 12.0 Å². The first-order chi connectivity index (χ1) is 16.4. The van der Waals surface area contributed by atoms with Crippen molar-refractivity contribution < 1.29 is 18.7 Å². The predicted octanol–water partition coefficient (Wildman–Crippen LogP) is 4.26. The summed E-state index contributed by atoms with van der Waals surface area (Å²) in [6, 6.07) is 15.6. The first-order valence-corrected chi connectivity index (χ1v) is 10.2. The molecule has 0 atom stereocenters. The van der Waals surface area contributed by atoms with E-state index in [1.165, 1.54) is 37.6 Å². The second-order valence-electron chi connectivity index (χ2n) is 7.34. The van der Waals surface area contributed by atoms with Crippen molar-refractivity contribution in [3.63, 3.8) is 0 Å². The van der Waals surface area contributed by atoms with Crippen molar-refractivity contribution in [2.45, 2.75) is 0 Å². The van der Waals surface area contributed by atoms with Crippen LogP contribution in [0.15, 0.2) is 65.8 Å². The molecule has 0 saturated heterocycles. The summed E-state index contributed by atoms with van der Waals surface area (Å²) in [6.45, 7) is 0. The first kappa shape index (κ1) is 24.0. The van der Waals surface area contributed by atoms with Crippen molar-refractivity contribution in [3.8, 4) is 18.1 Å². The number of benzene rings is 3. The summed E-state index contributed by atoms with van der Waals surface area (Å²) in [5.74, 6) is 1.75. The van der Waals surface area contributed by atoms with Crippen LogP contribution in [0.1, 0.15) is 21.5 Å². The van der Waals surface area contributed by atoms with E-state index in [0.29, 0.717) is 29.0 Å². The van der Waals surface area contributed by atoms with Crippen LogP contribution in [0, 0.1) is 18.2 Å².